The van der Waals surface area contributed by atoms with E-state index in [9.17, 15) is 13.2 Å². The van der Waals surface area contributed by atoms with E-state index >= 15 is 0 Å². The molecule has 0 aromatic heterocycles. The minimum atomic E-state index is -3.59. The lowest BCUT2D eigenvalue weighted by Crippen LogP contribution is -2.34. The van der Waals surface area contributed by atoms with Crippen molar-refractivity contribution in [2.24, 2.45) is 5.92 Å². The smallest absolute Gasteiger partial charge is 0.253 e. The molecule has 174 valence electrons. The average molecular weight is 451 g/mol. The first-order chi connectivity index (χ1) is 14.8. The molecule has 3 rings (SSSR count). The Morgan fingerprint density at radius 3 is 2.42 bits per heavy atom. The van der Waals surface area contributed by atoms with E-state index in [1.165, 1.54) is 50.4 Å². The second kappa shape index (κ2) is 10.8. The molecule has 0 atom stereocenters. The van der Waals surface area contributed by atoms with Gasteiger partial charge in [0.1, 0.15) is 0 Å². The van der Waals surface area contributed by atoms with E-state index < -0.39 is 10.0 Å². The third-order valence-electron chi connectivity index (χ3n) is 6.50. The van der Waals surface area contributed by atoms with Crippen LogP contribution in [0.1, 0.15) is 55.8 Å². The molecule has 0 unspecified atom stereocenters. The van der Waals surface area contributed by atoms with Gasteiger partial charge >= 0.3 is 0 Å². The maximum Gasteiger partial charge on any atom is 0.253 e. The highest BCUT2D eigenvalue weighted by molar-refractivity contribution is 7.89. The summed E-state index contributed by atoms with van der Waals surface area (Å²) in [5.74, 6) is 0.650. The van der Waals surface area contributed by atoms with Gasteiger partial charge in [-0.1, -0.05) is 6.92 Å². The molecule has 2 aliphatic heterocycles. The zero-order valence-electron chi connectivity index (χ0n) is 19.3. The first-order valence-electron chi connectivity index (χ1n) is 11.6. The van der Waals surface area contributed by atoms with Crippen LogP contribution in [0.5, 0.6) is 0 Å². The molecule has 0 bridgehead atoms. The van der Waals surface area contributed by atoms with E-state index in [-0.39, 0.29) is 10.8 Å². The Bertz CT molecular complexity index is 842. The van der Waals surface area contributed by atoms with Crippen LogP contribution in [-0.2, 0) is 10.0 Å². The number of likely N-dealkylation sites (tertiary alicyclic amines) is 1. The molecule has 0 aliphatic carbocycles. The molecule has 0 saturated carbocycles. The fraction of sp³-hybridized carbons (Fsp3) is 0.696. The summed E-state index contributed by atoms with van der Waals surface area (Å²) in [7, 11) is -0.577. The number of hydrogen-bond donors (Lipinski definition) is 1. The van der Waals surface area contributed by atoms with Gasteiger partial charge in [0, 0.05) is 39.4 Å². The molecule has 1 aromatic rings. The van der Waals surface area contributed by atoms with Gasteiger partial charge in [-0.05, 0) is 82.3 Å². The summed E-state index contributed by atoms with van der Waals surface area (Å²) in [5, 5.41) is 3.02. The standard InChI is InChI=1S/C23H38N4O3S/c1-19-10-16-26(17-11-19)13-5-4-12-24-23(28)21-18-20(31(29,30)25(2)3)8-9-22(21)27-14-6-7-15-27/h8-9,18-19H,4-7,10-17H2,1-3H3,(H,24,28). The topological polar surface area (TPSA) is 73.0 Å². The van der Waals surface area contributed by atoms with Crippen LogP contribution >= 0.6 is 0 Å². The Morgan fingerprint density at radius 1 is 1.10 bits per heavy atom. The lowest BCUT2D eigenvalue weighted by atomic mass is 9.99. The number of amides is 1. The van der Waals surface area contributed by atoms with Crippen LogP contribution in [-0.4, -0.2) is 76.9 Å². The number of sulfonamides is 1. The number of anilines is 1. The Labute approximate surface area is 187 Å². The number of rotatable bonds is 9. The van der Waals surface area contributed by atoms with Gasteiger partial charge in [-0.3, -0.25) is 4.79 Å². The summed E-state index contributed by atoms with van der Waals surface area (Å²) in [6.45, 7) is 8.16. The highest BCUT2D eigenvalue weighted by atomic mass is 32.2. The summed E-state index contributed by atoms with van der Waals surface area (Å²) in [6.07, 6.45) is 6.72. The predicted molar refractivity (Wildman–Crippen MR) is 125 cm³/mol. The van der Waals surface area contributed by atoms with Crippen molar-refractivity contribution in [1.29, 1.82) is 0 Å². The maximum atomic E-state index is 13.0. The number of nitrogens with one attached hydrogen (secondary N) is 1. The third-order valence-corrected chi connectivity index (χ3v) is 8.31. The molecule has 1 amide bonds. The highest BCUT2D eigenvalue weighted by Gasteiger charge is 2.24. The molecule has 2 fully saturated rings. The van der Waals surface area contributed by atoms with Crippen LogP contribution in [0.3, 0.4) is 0 Å². The van der Waals surface area contributed by atoms with Gasteiger partial charge in [0.05, 0.1) is 10.5 Å². The van der Waals surface area contributed by atoms with Crippen molar-refractivity contribution in [3.63, 3.8) is 0 Å². The second-order valence-electron chi connectivity index (χ2n) is 9.15. The Morgan fingerprint density at radius 2 is 1.77 bits per heavy atom. The normalized spacial score (nSPS) is 18.6. The van der Waals surface area contributed by atoms with Crippen LogP contribution in [0, 0.1) is 5.92 Å². The van der Waals surface area contributed by atoms with Gasteiger partial charge in [-0.25, -0.2) is 12.7 Å². The first-order valence-corrected chi connectivity index (χ1v) is 13.0. The number of piperidine rings is 1. The lowest BCUT2D eigenvalue weighted by molar-refractivity contribution is 0.0952. The third kappa shape index (κ3) is 6.20. The number of hydrogen-bond acceptors (Lipinski definition) is 5. The minimum Gasteiger partial charge on any atom is -0.371 e. The summed E-state index contributed by atoms with van der Waals surface area (Å²) >= 11 is 0. The highest BCUT2D eigenvalue weighted by Crippen LogP contribution is 2.28. The van der Waals surface area contributed by atoms with Crippen molar-refractivity contribution >= 4 is 21.6 Å². The molecule has 1 N–H and O–H groups in total. The van der Waals surface area contributed by atoms with Gasteiger partial charge in [-0.2, -0.15) is 0 Å². The maximum absolute atomic E-state index is 13.0. The molecular formula is C23H38N4O3S. The SMILES string of the molecule is CC1CCN(CCCCNC(=O)c2cc(S(=O)(=O)N(C)C)ccc2N2CCCC2)CC1. The van der Waals surface area contributed by atoms with Gasteiger partial charge in [0.2, 0.25) is 10.0 Å². The quantitative estimate of drug-likeness (QED) is 0.586. The van der Waals surface area contributed by atoms with Crippen LogP contribution in [0.25, 0.3) is 0 Å². The fourth-order valence-electron chi connectivity index (χ4n) is 4.35. The monoisotopic (exact) mass is 450 g/mol. The summed E-state index contributed by atoms with van der Waals surface area (Å²) in [6, 6.07) is 4.93. The molecular weight excluding hydrogens is 412 g/mol. The van der Waals surface area contributed by atoms with E-state index in [1.807, 2.05) is 0 Å². The van der Waals surface area contributed by atoms with Crippen molar-refractivity contribution in [3.8, 4) is 0 Å². The average Bonchev–Trinajstić information content (AvgIpc) is 3.29. The Kier molecular flexibility index (Phi) is 8.36. The van der Waals surface area contributed by atoms with Gasteiger partial charge < -0.3 is 15.1 Å². The number of carbonyl (C=O) groups is 1. The summed E-state index contributed by atoms with van der Waals surface area (Å²) in [5.41, 5.74) is 1.28. The van der Waals surface area contributed by atoms with Crippen molar-refractivity contribution < 1.29 is 13.2 Å². The minimum absolute atomic E-state index is 0.157. The second-order valence-corrected chi connectivity index (χ2v) is 11.3. The van der Waals surface area contributed by atoms with E-state index in [1.54, 1.807) is 12.1 Å². The molecule has 2 saturated heterocycles. The number of benzene rings is 1. The van der Waals surface area contributed by atoms with Gasteiger partial charge in [0.15, 0.2) is 0 Å². The summed E-state index contributed by atoms with van der Waals surface area (Å²) in [4.78, 5) is 17.9. The molecule has 8 heteroatoms. The van der Waals surface area contributed by atoms with Crippen LogP contribution < -0.4 is 10.2 Å². The fourth-order valence-corrected chi connectivity index (χ4v) is 5.27. The first kappa shape index (κ1) is 24.0. The van der Waals surface area contributed by atoms with E-state index in [0.717, 1.165) is 56.9 Å². The molecule has 0 radical (unpaired) electrons. The van der Waals surface area contributed by atoms with Gasteiger partial charge in [-0.15, -0.1) is 0 Å². The molecule has 7 nitrogen and oxygen atoms in total. The van der Waals surface area contributed by atoms with Crippen molar-refractivity contribution in [3.05, 3.63) is 23.8 Å². The Balaban J connectivity index is 1.61. The molecule has 0 spiro atoms. The van der Waals surface area contributed by atoms with E-state index in [2.05, 4.69) is 22.0 Å². The van der Waals surface area contributed by atoms with Crippen LogP contribution in [0.15, 0.2) is 23.1 Å². The molecule has 31 heavy (non-hydrogen) atoms. The van der Waals surface area contributed by atoms with Crippen LogP contribution in [0.2, 0.25) is 0 Å². The largest absolute Gasteiger partial charge is 0.371 e. The number of carbonyl (C=O) groups excluding carboxylic acids is 1. The Hall–Kier alpha value is -1.64. The van der Waals surface area contributed by atoms with Crippen molar-refractivity contribution in [2.75, 3.05) is 58.3 Å². The molecule has 2 heterocycles. The van der Waals surface area contributed by atoms with E-state index in [4.69, 9.17) is 0 Å². The number of nitrogens with zero attached hydrogens (tertiary/aromatic N) is 3. The zero-order valence-corrected chi connectivity index (χ0v) is 20.1. The van der Waals surface area contributed by atoms with Crippen molar-refractivity contribution in [2.45, 2.75) is 50.3 Å². The summed E-state index contributed by atoms with van der Waals surface area (Å²) < 4.78 is 26.4. The van der Waals surface area contributed by atoms with Crippen LogP contribution in [0.4, 0.5) is 5.69 Å². The molecule has 2 aliphatic rings. The predicted octanol–water partition coefficient (Wildman–Crippen LogP) is 2.78. The van der Waals surface area contributed by atoms with E-state index in [0.29, 0.717) is 12.1 Å². The lowest BCUT2D eigenvalue weighted by Gasteiger charge is -2.30. The molecule has 1 aromatic carbocycles. The van der Waals surface area contributed by atoms with Crippen molar-refractivity contribution in [1.82, 2.24) is 14.5 Å². The van der Waals surface area contributed by atoms with Gasteiger partial charge in [0.25, 0.3) is 5.91 Å². The zero-order chi connectivity index (χ0) is 22.4. The number of unbranched alkanes of at least 4 members (excludes halogenated alkanes) is 1.